The van der Waals surface area contributed by atoms with Crippen LogP contribution < -0.4 is 0 Å². The van der Waals surface area contributed by atoms with E-state index in [1.54, 1.807) is 0 Å². The van der Waals surface area contributed by atoms with Crippen LogP contribution in [0.5, 0.6) is 0 Å². The molecule has 0 saturated carbocycles. The van der Waals surface area contributed by atoms with Crippen LogP contribution in [0.4, 0.5) is 0 Å². The van der Waals surface area contributed by atoms with Gasteiger partial charge < -0.3 is 33.8 Å². The topological polar surface area (TPSA) is 237 Å². The molecule has 3 N–H and O–H groups in total. The Morgan fingerprint density at radius 3 is 0.657 bits per heavy atom. The molecule has 0 heterocycles. The number of ether oxygens (including phenoxy) is 4. The fourth-order valence-corrected chi connectivity index (χ4v) is 15.3. The first-order valence-electron chi connectivity index (χ1n) is 45.8. The SMILES string of the molecule is CCC(C)CCCCCCCCCCCCCCCCCCCCC(=O)O[C@H](COC(=O)CCCCCCCCC(C)CC)COP(=O)(O)OC[C@H](O)COP(=O)(O)OC[C@@H](COC(=O)CCCCCCCCCCCCCCCCCC(C)C)OC(=O)CCCCCCCCCCCCCCCCC(C)CC. The number of hydrogen-bond donors (Lipinski definition) is 3. The molecule has 0 aliphatic heterocycles. The minimum absolute atomic E-state index is 0.107. The molecule has 17 nitrogen and oxygen atoms in total. The zero-order valence-electron chi connectivity index (χ0n) is 71.5. The van der Waals surface area contributed by atoms with Gasteiger partial charge in [-0.25, -0.2) is 9.13 Å². The van der Waals surface area contributed by atoms with E-state index >= 15 is 0 Å². The number of hydrogen-bond acceptors (Lipinski definition) is 15. The molecule has 0 spiro atoms. The number of phosphoric acid groups is 2. The highest BCUT2D eigenvalue weighted by Crippen LogP contribution is 2.45. The third kappa shape index (κ3) is 78.0. The molecule has 0 radical (unpaired) electrons. The highest BCUT2D eigenvalue weighted by Gasteiger charge is 2.31. The van der Waals surface area contributed by atoms with Gasteiger partial charge in [-0.2, -0.15) is 0 Å². The predicted octanol–water partition coefficient (Wildman–Crippen LogP) is 27.1. The van der Waals surface area contributed by atoms with Crippen molar-refractivity contribution in [2.75, 3.05) is 39.6 Å². The minimum atomic E-state index is -4.97. The normalized spacial score (nSPS) is 14.6. The third-order valence-corrected chi connectivity index (χ3v) is 23.8. The summed E-state index contributed by atoms with van der Waals surface area (Å²) in [6.45, 7) is 14.4. The van der Waals surface area contributed by atoms with E-state index in [2.05, 4.69) is 55.4 Å². The van der Waals surface area contributed by atoms with E-state index in [-0.39, 0.29) is 25.7 Å². The first-order chi connectivity index (χ1) is 52.2. The Labute approximate surface area is 664 Å². The lowest BCUT2D eigenvalue weighted by Gasteiger charge is -2.21. The second-order valence-corrected chi connectivity index (χ2v) is 36.1. The Bertz CT molecular complexity index is 2100. The van der Waals surface area contributed by atoms with Crippen molar-refractivity contribution in [1.29, 1.82) is 0 Å². The van der Waals surface area contributed by atoms with Crippen molar-refractivity contribution in [2.24, 2.45) is 23.7 Å². The molecular formula is C89H174O17P2. The predicted molar refractivity (Wildman–Crippen MR) is 446 cm³/mol. The largest absolute Gasteiger partial charge is 0.472 e. The number of carbonyl (C=O) groups excluding carboxylic acids is 4. The summed E-state index contributed by atoms with van der Waals surface area (Å²) in [7, 11) is -9.93. The first-order valence-corrected chi connectivity index (χ1v) is 48.8. The number of esters is 4. The summed E-state index contributed by atoms with van der Waals surface area (Å²) in [5.41, 5.74) is 0. The third-order valence-electron chi connectivity index (χ3n) is 21.9. The van der Waals surface area contributed by atoms with Gasteiger partial charge in [-0.1, -0.05) is 415 Å². The van der Waals surface area contributed by atoms with Crippen LogP contribution in [0.3, 0.4) is 0 Å². The summed E-state index contributed by atoms with van der Waals surface area (Å²) in [6, 6.07) is 0. The second kappa shape index (κ2) is 77.6. The van der Waals surface area contributed by atoms with E-state index < -0.39 is 97.5 Å². The summed E-state index contributed by atoms with van der Waals surface area (Å²) in [5.74, 6) is 1.15. The number of phosphoric ester groups is 2. The van der Waals surface area contributed by atoms with E-state index in [1.807, 2.05) is 0 Å². The maximum Gasteiger partial charge on any atom is 0.472 e. The van der Waals surface area contributed by atoms with Gasteiger partial charge in [0.2, 0.25) is 0 Å². The molecule has 0 bridgehead atoms. The van der Waals surface area contributed by atoms with E-state index in [0.29, 0.717) is 25.7 Å². The van der Waals surface area contributed by atoms with Crippen LogP contribution in [0.1, 0.15) is 466 Å². The zero-order valence-corrected chi connectivity index (χ0v) is 73.3. The molecule has 5 unspecified atom stereocenters. The van der Waals surface area contributed by atoms with Crippen LogP contribution in [-0.4, -0.2) is 96.7 Å². The Balaban J connectivity index is 5.22. The quantitative estimate of drug-likeness (QED) is 0.0222. The van der Waals surface area contributed by atoms with Crippen molar-refractivity contribution in [1.82, 2.24) is 0 Å². The van der Waals surface area contributed by atoms with Crippen molar-refractivity contribution in [3.05, 3.63) is 0 Å². The van der Waals surface area contributed by atoms with Gasteiger partial charge in [0.1, 0.15) is 19.3 Å². The lowest BCUT2D eigenvalue weighted by atomic mass is 9.99. The van der Waals surface area contributed by atoms with Crippen LogP contribution in [0.15, 0.2) is 0 Å². The number of unbranched alkanes of at least 4 members (excludes halogenated alkanes) is 49. The fourth-order valence-electron chi connectivity index (χ4n) is 13.8. The molecule has 0 amide bonds. The van der Waals surface area contributed by atoms with Crippen molar-refractivity contribution >= 4 is 39.5 Å². The highest BCUT2D eigenvalue weighted by atomic mass is 31.2. The zero-order chi connectivity index (χ0) is 79.5. The number of aliphatic hydroxyl groups is 1. The minimum Gasteiger partial charge on any atom is -0.462 e. The average molecular weight is 1580 g/mol. The Kier molecular flexibility index (Phi) is 76.2. The molecule has 0 fully saturated rings. The van der Waals surface area contributed by atoms with Gasteiger partial charge in [-0.05, 0) is 49.4 Å². The number of carbonyl (C=O) groups is 4. The van der Waals surface area contributed by atoms with Crippen molar-refractivity contribution in [2.45, 2.75) is 485 Å². The molecular weight excluding hydrogens is 1400 g/mol. The average Bonchev–Trinajstić information content (AvgIpc) is 0.901. The highest BCUT2D eigenvalue weighted by molar-refractivity contribution is 7.47. The second-order valence-electron chi connectivity index (χ2n) is 33.2. The number of aliphatic hydroxyl groups excluding tert-OH is 1. The lowest BCUT2D eigenvalue weighted by Crippen LogP contribution is -2.30. The Hall–Kier alpha value is -1.94. The Morgan fingerprint density at radius 2 is 0.444 bits per heavy atom. The molecule has 0 aromatic carbocycles. The molecule has 0 aromatic heterocycles. The van der Waals surface area contributed by atoms with Gasteiger partial charge in [-0.3, -0.25) is 37.3 Å². The van der Waals surface area contributed by atoms with E-state index in [0.717, 1.165) is 120 Å². The monoisotopic (exact) mass is 1580 g/mol. The van der Waals surface area contributed by atoms with Gasteiger partial charge in [0.25, 0.3) is 0 Å². The fraction of sp³-hybridized carbons (Fsp3) is 0.955. The van der Waals surface area contributed by atoms with Crippen LogP contribution in [0.2, 0.25) is 0 Å². The number of rotatable bonds is 86. The first kappa shape index (κ1) is 106. The molecule has 642 valence electrons. The molecule has 108 heavy (non-hydrogen) atoms. The van der Waals surface area contributed by atoms with E-state index in [9.17, 15) is 43.2 Å². The van der Waals surface area contributed by atoms with Gasteiger partial charge in [0, 0.05) is 25.7 Å². The summed E-state index contributed by atoms with van der Waals surface area (Å²) in [4.78, 5) is 73.3. The molecule has 0 aliphatic carbocycles. The van der Waals surface area contributed by atoms with Gasteiger partial charge in [0.15, 0.2) is 12.2 Å². The van der Waals surface area contributed by atoms with Crippen molar-refractivity contribution in [3.8, 4) is 0 Å². The Morgan fingerprint density at radius 1 is 0.259 bits per heavy atom. The van der Waals surface area contributed by atoms with Crippen LogP contribution in [0, 0.1) is 23.7 Å². The van der Waals surface area contributed by atoms with E-state index in [1.165, 1.54) is 263 Å². The van der Waals surface area contributed by atoms with Crippen LogP contribution in [-0.2, 0) is 65.4 Å². The molecule has 0 aliphatic rings. The van der Waals surface area contributed by atoms with E-state index in [4.69, 9.17) is 37.0 Å². The molecule has 8 atom stereocenters. The van der Waals surface area contributed by atoms with Crippen LogP contribution >= 0.6 is 15.6 Å². The summed E-state index contributed by atoms with van der Waals surface area (Å²) >= 11 is 0. The maximum atomic E-state index is 13.2. The molecule has 19 heteroatoms. The maximum absolute atomic E-state index is 13.2. The van der Waals surface area contributed by atoms with Gasteiger partial charge in [-0.15, -0.1) is 0 Å². The summed E-state index contributed by atoms with van der Waals surface area (Å²) < 4.78 is 69.0. The van der Waals surface area contributed by atoms with Gasteiger partial charge >= 0.3 is 39.5 Å². The summed E-state index contributed by atoms with van der Waals surface area (Å²) in [5, 5.41) is 10.7. The molecule has 0 saturated heterocycles. The van der Waals surface area contributed by atoms with Crippen molar-refractivity contribution in [3.63, 3.8) is 0 Å². The smallest absolute Gasteiger partial charge is 0.462 e. The van der Waals surface area contributed by atoms with Gasteiger partial charge in [0.05, 0.1) is 26.4 Å². The molecule has 0 rings (SSSR count). The lowest BCUT2D eigenvalue weighted by molar-refractivity contribution is -0.161. The van der Waals surface area contributed by atoms with Crippen molar-refractivity contribution < 1.29 is 80.2 Å². The molecule has 0 aromatic rings. The summed E-state index contributed by atoms with van der Waals surface area (Å²) in [6.07, 6.45) is 68.0. The van der Waals surface area contributed by atoms with Crippen LogP contribution in [0.25, 0.3) is 0 Å². The standard InChI is InChI=1S/C89H174O17P2/c1-9-80(6)66-58-50-42-36-30-24-18-14-12-13-15-19-27-33-39-45-55-63-72-89(94)106-85(76-100-87(92)70-62-54-48-47-52-60-68-82(8)11-3)78-104-108(97,98)102-74-83(90)73-101-107(95,96)103-77-84(105-88(93)71-64-56-46-40-34-28-22-21-25-31-37-43-51-59-67-81(7)10-2)75-99-86(91)69-61-53-44-38-32-26-20-16-17-23-29-35-41-49-57-65-79(4)5/h79-85,90H,9-78H2,1-8H3,(H,95,96)(H,97,98)/t80?,81?,82?,83-,84-,85-/m1/s1.